The molecule has 1 N–H and O–H groups in total. The molecule has 0 spiro atoms. The van der Waals surface area contributed by atoms with Crippen LogP contribution >= 0.6 is 0 Å². The van der Waals surface area contributed by atoms with E-state index >= 15 is 0 Å². The first-order valence-electron chi connectivity index (χ1n) is 6.09. The van der Waals surface area contributed by atoms with Gasteiger partial charge in [-0.2, -0.15) is 0 Å². The maximum absolute atomic E-state index is 11.5. The number of carbonyl (C=O) groups is 1. The van der Waals surface area contributed by atoms with Gasteiger partial charge in [0.1, 0.15) is 0 Å². The molecule has 0 saturated carbocycles. The molecule has 0 aromatic carbocycles. The lowest BCUT2D eigenvalue weighted by molar-refractivity contribution is 0.0563. The van der Waals surface area contributed by atoms with Gasteiger partial charge in [0.05, 0.1) is 20.5 Å². The molecule has 0 bridgehead atoms. The lowest BCUT2D eigenvalue weighted by Gasteiger charge is -2.08. The van der Waals surface area contributed by atoms with Crippen LogP contribution in [-0.4, -0.2) is 25.2 Å². The summed E-state index contributed by atoms with van der Waals surface area (Å²) >= 11 is 0. The van der Waals surface area contributed by atoms with E-state index in [9.17, 15) is 4.79 Å². The second-order valence-corrected chi connectivity index (χ2v) is 4.04. The number of aromatic nitrogens is 1. The van der Waals surface area contributed by atoms with Crippen LogP contribution in [0.2, 0.25) is 0 Å². The van der Waals surface area contributed by atoms with Gasteiger partial charge >= 0.3 is 5.97 Å². The number of furan rings is 1. The summed E-state index contributed by atoms with van der Waals surface area (Å²) in [6, 6.07) is 5.51. The minimum Gasteiger partial charge on any atom is -0.481 e. The molecule has 0 aliphatic rings. The van der Waals surface area contributed by atoms with Gasteiger partial charge in [-0.1, -0.05) is 6.07 Å². The molecular formula is C14H16N2O4. The maximum Gasteiger partial charge on any atom is 0.374 e. The van der Waals surface area contributed by atoms with Gasteiger partial charge in [-0.25, -0.2) is 9.78 Å². The second-order valence-electron chi connectivity index (χ2n) is 4.04. The Morgan fingerprint density at radius 1 is 1.30 bits per heavy atom. The van der Waals surface area contributed by atoms with Crippen LogP contribution in [0.15, 0.2) is 35.1 Å². The van der Waals surface area contributed by atoms with Crippen molar-refractivity contribution in [2.24, 2.45) is 0 Å². The standard InChI is InChI=1S/C14H16N2O4/c1-18-13-11(4-3-6-16-13)9-15-8-10-5-7-20-12(10)14(17)19-2/h3-7,15H,8-9H2,1-2H3. The number of pyridine rings is 1. The Labute approximate surface area is 116 Å². The van der Waals surface area contributed by atoms with E-state index < -0.39 is 5.97 Å². The number of hydrogen-bond donors (Lipinski definition) is 1. The quantitative estimate of drug-likeness (QED) is 0.810. The van der Waals surface area contributed by atoms with E-state index in [-0.39, 0.29) is 5.76 Å². The Morgan fingerprint density at radius 3 is 2.85 bits per heavy atom. The van der Waals surface area contributed by atoms with Crippen LogP contribution in [0.25, 0.3) is 0 Å². The molecular weight excluding hydrogens is 260 g/mol. The Bertz CT molecular complexity index is 580. The Kier molecular flexibility index (Phi) is 4.73. The summed E-state index contributed by atoms with van der Waals surface area (Å²) in [5.41, 5.74) is 1.69. The summed E-state index contributed by atoms with van der Waals surface area (Å²) in [5.74, 6) is 0.323. The molecule has 0 atom stereocenters. The van der Waals surface area contributed by atoms with Gasteiger partial charge in [0.2, 0.25) is 11.6 Å². The lowest BCUT2D eigenvalue weighted by atomic mass is 10.2. The molecule has 20 heavy (non-hydrogen) atoms. The van der Waals surface area contributed by atoms with Crippen molar-refractivity contribution in [1.82, 2.24) is 10.3 Å². The zero-order valence-electron chi connectivity index (χ0n) is 11.4. The van der Waals surface area contributed by atoms with Gasteiger partial charge < -0.3 is 19.2 Å². The third-order valence-electron chi connectivity index (χ3n) is 2.79. The van der Waals surface area contributed by atoms with Crippen molar-refractivity contribution in [1.29, 1.82) is 0 Å². The average molecular weight is 276 g/mol. The van der Waals surface area contributed by atoms with E-state index in [1.54, 1.807) is 19.4 Å². The maximum atomic E-state index is 11.5. The highest BCUT2D eigenvalue weighted by Crippen LogP contribution is 2.15. The van der Waals surface area contributed by atoms with Crippen LogP contribution in [0.5, 0.6) is 5.88 Å². The SMILES string of the molecule is COC(=O)c1occc1CNCc1cccnc1OC. The molecule has 106 valence electrons. The van der Waals surface area contributed by atoms with Gasteiger partial charge in [-0.3, -0.25) is 0 Å². The minimum absolute atomic E-state index is 0.221. The lowest BCUT2D eigenvalue weighted by Crippen LogP contribution is -2.15. The van der Waals surface area contributed by atoms with Gasteiger partial charge in [-0.15, -0.1) is 0 Å². The normalized spacial score (nSPS) is 10.3. The molecule has 0 amide bonds. The summed E-state index contributed by atoms with van der Waals surface area (Å²) in [7, 11) is 2.90. The molecule has 2 rings (SSSR count). The van der Waals surface area contributed by atoms with Gasteiger partial charge in [-0.05, 0) is 12.1 Å². The highest BCUT2D eigenvalue weighted by atomic mass is 16.5. The van der Waals surface area contributed by atoms with E-state index in [1.807, 2.05) is 12.1 Å². The number of carbonyl (C=O) groups excluding carboxylic acids is 1. The smallest absolute Gasteiger partial charge is 0.374 e. The zero-order chi connectivity index (χ0) is 14.4. The number of hydrogen-bond acceptors (Lipinski definition) is 6. The Hall–Kier alpha value is -2.34. The van der Waals surface area contributed by atoms with Crippen molar-refractivity contribution in [2.75, 3.05) is 14.2 Å². The summed E-state index contributed by atoms with van der Waals surface area (Å²) < 4.78 is 14.9. The first-order valence-corrected chi connectivity index (χ1v) is 6.09. The van der Waals surface area contributed by atoms with Gasteiger partial charge in [0.15, 0.2) is 0 Å². The summed E-state index contributed by atoms with van der Waals surface area (Å²) in [4.78, 5) is 15.6. The topological polar surface area (TPSA) is 73.6 Å². The first kappa shape index (κ1) is 14.1. The van der Waals surface area contributed by atoms with Crippen molar-refractivity contribution >= 4 is 5.97 Å². The van der Waals surface area contributed by atoms with Gasteiger partial charge in [0, 0.05) is 30.4 Å². The highest BCUT2D eigenvalue weighted by Gasteiger charge is 2.15. The van der Waals surface area contributed by atoms with E-state index in [0.29, 0.717) is 19.0 Å². The third-order valence-corrected chi connectivity index (χ3v) is 2.79. The molecule has 0 aliphatic heterocycles. The fraction of sp³-hybridized carbons (Fsp3) is 0.286. The van der Waals surface area contributed by atoms with Crippen LogP contribution in [0.3, 0.4) is 0 Å². The average Bonchev–Trinajstić information content (AvgIpc) is 2.95. The molecule has 2 aromatic heterocycles. The van der Waals surface area contributed by atoms with Crippen molar-refractivity contribution in [3.05, 3.63) is 47.5 Å². The largest absolute Gasteiger partial charge is 0.481 e. The molecule has 0 aliphatic carbocycles. The fourth-order valence-corrected chi connectivity index (χ4v) is 1.82. The van der Waals surface area contributed by atoms with E-state index in [2.05, 4.69) is 15.0 Å². The van der Waals surface area contributed by atoms with E-state index in [0.717, 1.165) is 11.1 Å². The fourth-order valence-electron chi connectivity index (χ4n) is 1.82. The van der Waals surface area contributed by atoms with Crippen molar-refractivity contribution < 1.29 is 18.7 Å². The molecule has 6 nitrogen and oxygen atoms in total. The van der Waals surface area contributed by atoms with Crippen LogP contribution in [0.1, 0.15) is 21.7 Å². The Morgan fingerprint density at radius 2 is 2.10 bits per heavy atom. The van der Waals surface area contributed by atoms with E-state index in [1.165, 1.54) is 13.4 Å². The molecule has 0 saturated heterocycles. The molecule has 0 unspecified atom stereocenters. The van der Waals surface area contributed by atoms with Crippen LogP contribution in [0.4, 0.5) is 0 Å². The first-order chi connectivity index (χ1) is 9.76. The van der Waals surface area contributed by atoms with Crippen LogP contribution in [0, 0.1) is 0 Å². The molecule has 0 fully saturated rings. The monoisotopic (exact) mass is 276 g/mol. The number of nitrogens with zero attached hydrogens (tertiary/aromatic N) is 1. The third kappa shape index (κ3) is 3.16. The number of methoxy groups -OCH3 is 2. The molecule has 0 radical (unpaired) electrons. The van der Waals surface area contributed by atoms with Crippen molar-refractivity contribution in [2.45, 2.75) is 13.1 Å². The van der Waals surface area contributed by atoms with E-state index in [4.69, 9.17) is 9.15 Å². The molecule has 6 heteroatoms. The number of ether oxygens (including phenoxy) is 2. The second kappa shape index (κ2) is 6.72. The molecule has 2 heterocycles. The zero-order valence-corrected chi connectivity index (χ0v) is 11.4. The minimum atomic E-state index is -0.481. The van der Waals surface area contributed by atoms with Crippen LogP contribution in [-0.2, 0) is 17.8 Å². The van der Waals surface area contributed by atoms with Crippen LogP contribution < -0.4 is 10.1 Å². The summed E-state index contributed by atoms with van der Waals surface area (Å²) in [6.45, 7) is 1.06. The van der Waals surface area contributed by atoms with Gasteiger partial charge in [0.25, 0.3) is 0 Å². The van der Waals surface area contributed by atoms with Crippen molar-refractivity contribution in [3.8, 4) is 5.88 Å². The molecule has 2 aromatic rings. The predicted octanol–water partition coefficient (Wildman–Crippen LogP) is 1.76. The number of rotatable bonds is 6. The number of esters is 1. The summed E-state index contributed by atoms with van der Waals surface area (Å²) in [5, 5.41) is 3.21. The number of nitrogens with one attached hydrogen (secondary N) is 1. The Balaban J connectivity index is 1.96. The van der Waals surface area contributed by atoms with Crippen molar-refractivity contribution in [3.63, 3.8) is 0 Å². The highest BCUT2D eigenvalue weighted by molar-refractivity contribution is 5.87. The summed E-state index contributed by atoms with van der Waals surface area (Å²) in [6.07, 6.45) is 3.14. The predicted molar refractivity (Wildman–Crippen MR) is 71.4 cm³/mol.